The number of nitrogens with zero attached hydrogens (tertiary/aromatic N) is 1. The Morgan fingerprint density at radius 2 is 0.818 bits per heavy atom. The summed E-state index contributed by atoms with van der Waals surface area (Å²) in [5.74, 6) is 1.76. The Labute approximate surface area is 272 Å². The number of benzene rings is 1. The first-order valence-corrected chi connectivity index (χ1v) is 18.8. The van der Waals surface area contributed by atoms with Crippen molar-refractivity contribution in [3.05, 3.63) is 53.9 Å². The highest BCUT2D eigenvalue weighted by Crippen LogP contribution is 2.30. The molecule has 0 N–H and O–H groups in total. The Kier molecular flexibility index (Phi) is 24.3. The van der Waals surface area contributed by atoms with Gasteiger partial charge in [-0.25, -0.2) is 0 Å². The summed E-state index contributed by atoms with van der Waals surface area (Å²) in [6.07, 6.45) is 40.5. The van der Waals surface area contributed by atoms with Crippen LogP contribution < -0.4 is 9.47 Å². The van der Waals surface area contributed by atoms with E-state index in [1.807, 2.05) is 24.5 Å². The minimum atomic E-state index is 0.754. The van der Waals surface area contributed by atoms with Gasteiger partial charge in [0.1, 0.15) is 0 Å². The normalized spacial score (nSPS) is 11.4. The molecule has 0 amide bonds. The molecule has 44 heavy (non-hydrogen) atoms. The minimum Gasteiger partial charge on any atom is -0.490 e. The van der Waals surface area contributed by atoms with Crippen molar-refractivity contribution in [3.63, 3.8) is 0 Å². The number of aromatic nitrogens is 1. The van der Waals surface area contributed by atoms with Crippen molar-refractivity contribution in [3.8, 4) is 11.5 Å². The monoisotopic (exact) mass is 606 g/mol. The zero-order chi connectivity index (χ0) is 31.2. The van der Waals surface area contributed by atoms with Crippen molar-refractivity contribution in [1.82, 2.24) is 4.98 Å². The molecule has 0 radical (unpaired) electrons. The van der Waals surface area contributed by atoms with Gasteiger partial charge in [-0.2, -0.15) is 0 Å². The fourth-order valence-electron chi connectivity index (χ4n) is 5.78. The van der Waals surface area contributed by atoms with Crippen LogP contribution in [0.4, 0.5) is 0 Å². The maximum Gasteiger partial charge on any atom is 0.161 e. The quantitative estimate of drug-likeness (QED) is 0.0830. The molecule has 3 heteroatoms. The van der Waals surface area contributed by atoms with Crippen molar-refractivity contribution < 1.29 is 9.47 Å². The molecular weight excluding hydrogens is 538 g/mol. The van der Waals surface area contributed by atoms with Crippen LogP contribution >= 0.6 is 0 Å². The predicted molar refractivity (Wildman–Crippen MR) is 193 cm³/mol. The third-order valence-corrected chi connectivity index (χ3v) is 8.65. The Bertz CT molecular complexity index is 925. The van der Waals surface area contributed by atoms with Crippen molar-refractivity contribution in [1.29, 1.82) is 0 Å². The second-order valence-corrected chi connectivity index (χ2v) is 12.8. The molecule has 3 nitrogen and oxygen atoms in total. The van der Waals surface area contributed by atoms with E-state index in [1.54, 1.807) is 0 Å². The first-order chi connectivity index (χ1) is 21.8. The number of ether oxygens (including phenoxy) is 2. The van der Waals surface area contributed by atoms with Gasteiger partial charge in [-0.05, 0) is 48.2 Å². The smallest absolute Gasteiger partial charge is 0.161 e. The van der Waals surface area contributed by atoms with Crippen LogP contribution in [0, 0.1) is 0 Å². The molecule has 2 rings (SSSR count). The average molecular weight is 606 g/mol. The zero-order valence-electron chi connectivity index (χ0n) is 28.8. The molecule has 1 aromatic heterocycles. The number of rotatable bonds is 30. The maximum absolute atomic E-state index is 6.32. The summed E-state index contributed by atoms with van der Waals surface area (Å²) >= 11 is 0. The third-order valence-electron chi connectivity index (χ3n) is 8.65. The molecule has 1 heterocycles. The lowest BCUT2D eigenvalue weighted by Crippen LogP contribution is -2.03. The summed E-state index contributed by atoms with van der Waals surface area (Å²) in [7, 11) is 0. The van der Waals surface area contributed by atoms with E-state index in [9.17, 15) is 0 Å². The Morgan fingerprint density at radius 1 is 0.432 bits per heavy atom. The zero-order valence-corrected chi connectivity index (χ0v) is 28.8. The molecule has 0 saturated carbocycles. The summed E-state index contributed by atoms with van der Waals surface area (Å²) in [6, 6.07) is 10.4. The highest BCUT2D eigenvalue weighted by Gasteiger charge is 2.07. The largest absolute Gasteiger partial charge is 0.490 e. The van der Waals surface area contributed by atoms with Gasteiger partial charge >= 0.3 is 0 Å². The van der Waals surface area contributed by atoms with Crippen LogP contribution in [0.15, 0.2) is 42.7 Å². The van der Waals surface area contributed by atoms with E-state index < -0.39 is 0 Å². The Morgan fingerprint density at radius 3 is 1.27 bits per heavy atom. The van der Waals surface area contributed by atoms with Gasteiger partial charge in [0.15, 0.2) is 11.5 Å². The van der Waals surface area contributed by atoms with Crippen LogP contribution in [0.3, 0.4) is 0 Å². The molecule has 0 atom stereocenters. The molecule has 0 bridgehead atoms. The molecular formula is C41H67NO2. The van der Waals surface area contributed by atoms with Gasteiger partial charge < -0.3 is 9.47 Å². The standard InChI is InChI=1S/C41H67NO2/c1-3-5-7-9-11-13-15-17-19-21-23-25-35-43-40-30-29-39(28-27-38-31-33-42-34-32-38)37-41(40)44-36-26-24-22-20-18-16-14-12-10-8-6-4-2/h27-34,37H,3-26,35-36H2,1-2H3/b28-27+. The topological polar surface area (TPSA) is 31.4 Å². The molecule has 2 aromatic rings. The van der Waals surface area contributed by atoms with Crippen LogP contribution in [-0.4, -0.2) is 18.2 Å². The van der Waals surface area contributed by atoms with Gasteiger partial charge in [0.2, 0.25) is 0 Å². The van der Waals surface area contributed by atoms with Gasteiger partial charge in [-0.15, -0.1) is 0 Å². The third kappa shape index (κ3) is 20.6. The van der Waals surface area contributed by atoms with E-state index >= 15 is 0 Å². The van der Waals surface area contributed by atoms with Crippen molar-refractivity contribution >= 4 is 12.2 Å². The van der Waals surface area contributed by atoms with Crippen LogP contribution in [0.5, 0.6) is 11.5 Å². The summed E-state index contributed by atoms with van der Waals surface area (Å²) < 4.78 is 12.6. The molecule has 0 aliphatic carbocycles. The van der Waals surface area contributed by atoms with Crippen LogP contribution in [0.2, 0.25) is 0 Å². The summed E-state index contributed by atoms with van der Waals surface area (Å²) in [6.45, 7) is 6.10. The first-order valence-electron chi connectivity index (χ1n) is 18.8. The molecule has 0 unspecified atom stereocenters. The van der Waals surface area contributed by atoms with Gasteiger partial charge in [0.05, 0.1) is 13.2 Å². The fourth-order valence-corrected chi connectivity index (χ4v) is 5.78. The lowest BCUT2D eigenvalue weighted by Gasteiger charge is -2.14. The van der Waals surface area contributed by atoms with E-state index in [0.29, 0.717) is 0 Å². The SMILES string of the molecule is CCCCCCCCCCCCCCOc1ccc(/C=C/c2ccncc2)cc1OCCCCCCCCCCCCCC. The second kappa shape index (κ2) is 28.2. The van der Waals surface area contributed by atoms with E-state index in [2.05, 4.69) is 49.2 Å². The number of hydrogen-bond acceptors (Lipinski definition) is 3. The Hall–Kier alpha value is -2.29. The summed E-state index contributed by atoms with van der Waals surface area (Å²) in [5, 5.41) is 0. The fraction of sp³-hybridized carbons (Fsp3) is 0.683. The number of pyridine rings is 1. The predicted octanol–water partition coefficient (Wildman–Crippen LogP) is 13.4. The van der Waals surface area contributed by atoms with E-state index in [1.165, 1.54) is 141 Å². The Balaban J connectivity index is 1.66. The average Bonchev–Trinajstić information content (AvgIpc) is 3.05. The van der Waals surface area contributed by atoms with Crippen molar-refractivity contribution in [2.24, 2.45) is 0 Å². The van der Waals surface area contributed by atoms with Crippen LogP contribution in [0.25, 0.3) is 12.2 Å². The molecule has 1 aromatic carbocycles. The van der Waals surface area contributed by atoms with Crippen LogP contribution in [0.1, 0.15) is 179 Å². The van der Waals surface area contributed by atoms with Crippen LogP contribution in [-0.2, 0) is 0 Å². The highest BCUT2D eigenvalue weighted by atomic mass is 16.5. The molecule has 248 valence electrons. The molecule has 0 saturated heterocycles. The first kappa shape index (κ1) is 37.9. The van der Waals surface area contributed by atoms with E-state index in [4.69, 9.17) is 9.47 Å². The molecule has 0 spiro atoms. The summed E-state index contributed by atoms with van der Waals surface area (Å²) in [5.41, 5.74) is 2.27. The van der Waals surface area contributed by atoms with Gasteiger partial charge in [0, 0.05) is 12.4 Å². The van der Waals surface area contributed by atoms with E-state index in [-0.39, 0.29) is 0 Å². The summed E-state index contributed by atoms with van der Waals surface area (Å²) in [4.78, 5) is 4.12. The molecule has 0 fully saturated rings. The van der Waals surface area contributed by atoms with Gasteiger partial charge in [-0.3, -0.25) is 4.98 Å². The number of hydrogen-bond donors (Lipinski definition) is 0. The molecule has 0 aliphatic rings. The lowest BCUT2D eigenvalue weighted by molar-refractivity contribution is 0.258. The van der Waals surface area contributed by atoms with E-state index in [0.717, 1.165) is 48.7 Å². The van der Waals surface area contributed by atoms with Crippen molar-refractivity contribution in [2.75, 3.05) is 13.2 Å². The lowest BCUT2D eigenvalue weighted by atomic mass is 10.1. The number of unbranched alkanes of at least 4 members (excludes halogenated alkanes) is 22. The van der Waals surface area contributed by atoms with Gasteiger partial charge in [-0.1, -0.05) is 173 Å². The highest BCUT2D eigenvalue weighted by molar-refractivity contribution is 5.70. The maximum atomic E-state index is 6.32. The van der Waals surface area contributed by atoms with Crippen molar-refractivity contribution in [2.45, 2.75) is 168 Å². The second-order valence-electron chi connectivity index (χ2n) is 12.8. The van der Waals surface area contributed by atoms with Gasteiger partial charge in [0.25, 0.3) is 0 Å². The minimum absolute atomic E-state index is 0.754. The molecule has 0 aliphatic heterocycles.